The molecule has 2 atom stereocenters. The number of hydrogen-bond donors (Lipinski definition) is 3. The predicted octanol–water partition coefficient (Wildman–Crippen LogP) is 1.50. The maximum Gasteiger partial charge on any atom is 0.253 e. The van der Waals surface area contributed by atoms with Crippen LogP contribution in [0.4, 0.5) is 0 Å². The largest absolute Gasteiger partial charge is 0.508 e. The SMILES string of the molecule is CC(=O)NCCCc1cc([C@@H](C)N(C(=O)[C@H]2CNCCO2)C2CC2)ccc1O. The van der Waals surface area contributed by atoms with Gasteiger partial charge in [0, 0.05) is 32.6 Å². The van der Waals surface area contributed by atoms with E-state index < -0.39 is 6.10 Å². The minimum Gasteiger partial charge on any atom is -0.508 e. The topological polar surface area (TPSA) is 90.9 Å². The molecule has 2 aliphatic rings. The average Bonchev–Trinajstić information content (AvgIpc) is 3.52. The molecule has 154 valence electrons. The third-order valence-electron chi connectivity index (χ3n) is 5.40. The molecule has 0 spiro atoms. The van der Waals surface area contributed by atoms with Crippen molar-refractivity contribution in [3.8, 4) is 5.75 Å². The first kappa shape index (κ1) is 20.6. The first-order chi connectivity index (χ1) is 13.5. The number of aromatic hydroxyl groups is 1. The fourth-order valence-corrected chi connectivity index (χ4v) is 3.70. The Kier molecular flexibility index (Phi) is 6.91. The van der Waals surface area contributed by atoms with Crippen LogP contribution in [0, 0.1) is 0 Å². The summed E-state index contributed by atoms with van der Waals surface area (Å²) in [4.78, 5) is 26.0. The molecular weight excluding hydrogens is 358 g/mol. The second kappa shape index (κ2) is 9.39. The minimum atomic E-state index is -0.425. The summed E-state index contributed by atoms with van der Waals surface area (Å²) in [6.45, 7) is 6.00. The lowest BCUT2D eigenvalue weighted by atomic mass is 9.99. The van der Waals surface area contributed by atoms with Crippen molar-refractivity contribution in [1.82, 2.24) is 15.5 Å². The Morgan fingerprint density at radius 3 is 2.82 bits per heavy atom. The third kappa shape index (κ3) is 5.23. The Balaban J connectivity index is 1.70. The van der Waals surface area contributed by atoms with Crippen LogP contribution in [0.5, 0.6) is 5.75 Å². The van der Waals surface area contributed by atoms with Crippen molar-refractivity contribution in [2.24, 2.45) is 0 Å². The van der Waals surface area contributed by atoms with Crippen molar-refractivity contribution in [2.45, 2.75) is 57.7 Å². The van der Waals surface area contributed by atoms with Crippen LogP contribution in [-0.2, 0) is 20.7 Å². The van der Waals surface area contributed by atoms with E-state index in [1.54, 1.807) is 6.07 Å². The molecule has 1 heterocycles. The van der Waals surface area contributed by atoms with Crippen LogP contribution in [0.15, 0.2) is 18.2 Å². The molecule has 1 aliphatic carbocycles. The molecule has 3 rings (SSSR count). The Morgan fingerprint density at radius 1 is 1.39 bits per heavy atom. The number of amides is 2. The summed E-state index contributed by atoms with van der Waals surface area (Å²) < 4.78 is 5.68. The molecule has 2 fully saturated rings. The van der Waals surface area contributed by atoms with Gasteiger partial charge in [0.15, 0.2) is 0 Å². The molecule has 1 aromatic rings. The highest BCUT2D eigenvalue weighted by atomic mass is 16.5. The molecular formula is C21H31N3O4. The van der Waals surface area contributed by atoms with E-state index >= 15 is 0 Å². The number of aryl methyl sites for hydroxylation is 1. The van der Waals surface area contributed by atoms with Gasteiger partial charge < -0.3 is 25.4 Å². The van der Waals surface area contributed by atoms with E-state index in [-0.39, 0.29) is 29.6 Å². The maximum absolute atomic E-state index is 13.1. The first-order valence-electron chi connectivity index (χ1n) is 10.2. The van der Waals surface area contributed by atoms with E-state index in [9.17, 15) is 14.7 Å². The van der Waals surface area contributed by atoms with Crippen molar-refractivity contribution >= 4 is 11.8 Å². The van der Waals surface area contributed by atoms with Gasteiger partial charge in [0.05, 0.1) is 12.6 Å². The maximum atomic E-state index is 13.1. The van der Waals surface area contributed by atoms with Crippen molar-refractivity contribution in [2.75, 3.05) is 26.2 Å². The van der Waals surface area contributed by atoms with E-state index in [1.807, 2.05) is 24.0 Å². The lowest BCUT2D eigenvalue weighted by molar-refractivity contribution is -0.148. The van der Waals surface area contributed by atoms with Gasteiger partial charge in [0.1, 0.15) is 11.9 Å². The van der Waals surface area contributed by atoms with E-state index in [1.165, 1.54) is 6.92 Å². The summed E-state index contributed by atoms with van der Waals surface area (Å²) in [5.41, 5.74) is 1.85. The summed E-state index contributed by atoms with van der Waals surface area (Å²) >= 11 is 0. The zero-order chi connectivity index (χ0) is 20.1. The monoisotopic (exact) mass is 389 g/mol. The molecule has 2 amide bonds. The molecule has 3 N–H and O–H groups in total. The normalized spacial score (nSPS) is 20.4. The van der Waals surface area contributed by atoms with Gasteiger partial charge in [-0.05, 0) is 49.8 Å². The molecule has 0 radical (unpaired) electrons. The summed E-state index contributed by atoms with van der Waals surface area (Å²) in [6.07, 6.45) is 3.04. The minimum absolute atomic E-state index is 0.0440. The number of morpholine rings is 1. The standard InChI is InChI=1S/C21H31N3O4/c1-14(24(18-6-7-18)21(27)20-13-22-10-11-28-20)16-5-8-19(26)17(12-16)4-3-9-23-15(2)25/h5,8,12,14,18,20,22,26H,3-4,6-7,9-11,13H2,1-2H3,(H,23,25)/t14-,20-/m1/s1. The number of phenolic OH excluding ortho intramolecular Hbond substituents is 1. The number of nitrogens with one attached hydrogen (secondary N) is 2. The van der Waals surface area contributed by atoms with Crippen LogP contribution >= 0.6 is 0 Å². The van der Waals surface area contributed by atoms with Crippen molar-refractivity contribution < 1.29 is 19.4 Å². The van der Waals surface area contributed by atoms with Crippen LogP contribution in [0.3, 0.4) is 0 Å². The van der Waals surface area contributed by atoms with Gasteiger partial charge in [-0.2, -0.15) is 0 Å². The van der Waals surface area contributed by atoms with E-state index in [0.717, 1.165) is 36.9 Å². The number of benzene rings is 1. The Morgan fingerprint density at radius 2 is 2.18 bits per heavy atom. The summed E-state index contributed by atoms with van der Waals surface area (Å²) in [5.74, 6) is 0.245. The van der Waals surface area contributed by atoms with Gasteiger partial charge in [-0.1, -0.05) is 12.1 Å². The van der Waals surface area contributed by atoms with Crippen molar-refractivity contribution in [3.63, 3.8) is 0 Å². The number of ether oxygens (including phenoxy) is 1. The highest BCUT2D eigenvalue weighted by Crippen LogP contribution is 2.36. The lowest BCUT2D eigenvalue weighted by Gasteiger charge is -2.34. The highest BCUT2D eigenvalue weighted by molar-refractivity contribution is 5.82. The third-order valence-corrected chi connectivity index (χ3v) is 5.40. The van der Waals surface area contributed by atoms with Crippen molar-refractivity contribution in [3.05, 3.63) is 29.3 Å². The molecule has 1 saturated carbocycles. The molecule has 1 saturated heterocycles. The molecule has 1 aromatic carbocycles. The van der Waals surface area contributed by atoms with Gasteiger partial charge in [0.25, 0.3) is 5.91 Å². The fraction of sp³-hybridized carbons (Fsp3) is 0.619. The Hall–Kier alpha value is -2.12. The van der Waals surface area contributed by atoms with Crippen LogP contribution in [0.1, 0.15) is 50.3 Å². The molecule has 0 aromatic heterocycles. The van der Waals surface area contributed by atoms with E-state index in [0.29, 0.717) is 26.1 Å². The van der Waals surface area contributed by atoms with Crippen LogP contribution in [0.25, 0.3) is 0 Å². The van der Waals surface area contributed by atoms with Crippen LogP contribution in [-0.4, -0.2) is 60.2 Å². The first-order valence-corrected chi connectivity index (χ1v) is 10.2. The second-order valence-corrected chi connectivity index (χ2v) is 7.69. The number of phenols is 1. The van der Waals surface area contributed by atoms with Gasteiger partial charge in [-0.25, -0.2) is 0 Å². The molecule has 7 nitrogen and oxygen atoms in total. The summed E-state index contributed by atoms with van der Waals surface area (Å²) in [5, 5.41) is 16.2. The van der Waals surface area contributed by atoms with Gasteiger partial charge in [-0.3, -0.25) is 9.59 Å². The lowest BCUT2D eigenvalue weighted by Crippen LogP contribution is -2.50. The zero-order valence-corrected chi connectivity index (χ0v) is 16.7. The quantitative estimate of drug-likeness (QED) is 0.586. The molecule has 0 unspecified atom stereocenters. The molecule has 0 bridgehead atoms. The number of rotatable bonds is 8. The molecule has 7 heteroatoms. The smallest absolute Gasteiger partial charge is 0.253 e. The van der Waals surface area contributed by atoms with E-state index in [4.69, 9.17) is 4.74 Å². The van der Waals surface area contributed by atoms with E-state index in [2.05, 4.69) is 10.6 Å². The predicted molar refractivity (Wildman–Crippen MR) is 106 cm³/mol. The second-order valence-electron chi connectivity index (χ2n) is 7.69. The Bertz CT molecular complexity index is 699. The Labute approximate surface area is 166 Å². The molecule has 28 heavy (non-hydrogen) atoms. The highest BCUT2D eigenvalue weighted by Gasteiger charge is 2.39. The average molecular weight is 389 g/mol. The summed E-state index contributed by atoms with van der Waals surface area (Å²) in [6, 6.07) is 5.76. The number of nitrogens with zero attached hydrogens (tertiary/aromatic N) is 1. The van der Waals surface area contributed by atoms with Gasteiger partial charge in [-0.15, -0.1) is 0 Å². The number of hydrogen-bond acceptors (Lipinski definition) is 5. The van der Waals surface area contributed by atoms with Gasteiger partial charge in [0.2, 0.25) is 5.91 Å². The van der Waals surface area contributed by atoms with Crippen LogP contribution in [0.2, 0.25) is 0 Å². The fourth-order valence-electron chi connectivity index (χ4n) is 3.70. The van der Waals surface area contributed by atoms with Crippen LogP contribution < -0.4 is 10.6 Å². The van der Waals surface area contributed by atoms with Gasteiger partial charge >= 0.3 is 0 Å². The number of carbonyl (C=O) groups excluding carboxylic acids is 2. The van der Waals surface area contributed by atoms with Crippen molar-refractivity contribution in [1.29, 1.82) is 0 Å². The summed E-state index contributed by atoms with van der Waals surface area (Å²) in [7, 11) is 0. The molecule has 1 aliphatic heterocycles. The zero-order valence-electron chi connectivity index (χ0n) is 16.7. The number of carbonyl (C=O) groups is 2.